The number of sulfonamides is 1. The number of amides is 1. The number of methoxy groups -OCH3 is 1. The minimum Gasteiger partial charge on any atom is -0.495 e. The summed E-state index contributed by atoms with van der Waals surface area (Å²) in [5.74, 6) is -0.245. The molecule has 0 radical (unpaired) electrons. The smallest absolute Gasteiger partial charge is 0.255 e. The molecule has 0 bridgehead atoms. The number of ether oxygens (including phenoxy) is 1. The van der Waals surface area contributed by atoms with Gasteiger partial charge in [0.25, 0.3) is 5.91 Å². The van der Waals surface area contributed by atoms with E-state index in [0.29, 0.717) is 12.2 Å². The second-order valence-corrected chi connectivity index (χ2v) is 8.75. The molecule has 1 amide bonds. The summed E-state index contributed by atoms with van der Waals surface area (Å²) in [5.41, 5.74) is 0.754. The van der Waals surface area contributed by atoms with Gasteiger partial charge in [-0.05, 0) is 31.3 Å². The van der Waals surface area contributed by atoms with E-state index in [1.54, 1.807) is 17.1 Å². The number of benzene rings is 1. The lowest BCUT2D eigenvalue weighted by Crippen LogP contribution is -2.27. The van der Waals surface area contributed by atoms with Crippen LogP contribution >= 0.6 is 0 Å². The van der Waals surface area contributed by atoms with Gasteiger partial charge in [0.2, 0.25) is 10.0 Å². The third kappa shape index (κ3) is 5.55. The number of likely N-dealkylation sites (N-methyl/N-ethyl adjacent to an activating group) is 1. The number of carbonyl (C=O) groups excluding carboxylic acids is 1. The number of hydrogen-bond donors (Lipinski definition) is 1. The lowest BCUT2D eigenvalue weighted by Gasteiger charge is -2.17. The second-order valence-electron chi connectivity index (χ2n) is 6.63. The van der Waals surface area contributed by atoms with Gasteiger partial charge in [-0.25, -0.2) is 12.7 Å². The van der Waals surface area contributed by atoms with E-state index in [4.69, 9.17) is 4.74 Å². The molecule has 0 aliphatic carbocycles. The van der Waals surface area contributed by atoms with Crippen LogP contribution in [0.5, 0.6) is 5.75 Å². The van der Waals surface area contributed by atoms with Crippen molar-refractivity contribution in [2.24, 2.45) is 0 Å². The summed E-state index contributed by atoms with van der Waals surface area (Å²) in [4.78, 5) is 14.8. The predicted octanol–water partition coefficient (Wildman–Crippen LogP) is 1.74. The highest BCUT2D eigenvalue weighted by molar-refractivity contribution is 7.89. The Morgan fingerprint density at radius 1 is 1.24 bits per heavy atom. The Morgan fingerprint density at radius 3 is 2.52 bits per heavy atom. The number of nitrogens with one attached hydrogen (secondary N) is 1. The van der Waals surface area contributed by atoms with Crippen LogP contribution in [0.3, 0.4) is 0 Å². The fourth-order valence-electron chi connectivity index (χ4n) is 2.75. The van der Waals surface area contributed by atoms with Gasteiger partial charge >= 0.3 is 0 Å². The Hall–Kier alpha value is -2.43. The first kappa shape index (κ1) is 22.9. The van der Waals surface area contributed by atoms with Crippen LogP contribution in [0.1, 0.15) is 24.2 Å². The van der Waals surface area contributed by atoms with Crippen molar-refractivity contribution in [3.8, 4) is 5.75 Å². The molecule has 1 heterocycles. The molecule has 0 atom stereocenters. The number of aromatic nitrogens is 2. The van der Waals surface area contributed by atoms with Crippen molar-refractivity contribution in [2.75, 3.05) is 46.2 Å². The number of carbonyl (C=O) groups is 1. The highest BCUT2D eigenvalue weighted by Crippen LogP contribution is 2.27. The van der Waals surface area contributed by atoms with Crippen LogP contribution in [-0.4, -0.2) is 74.1 Å². The average molecular weight is 424 g/mol. The molecular formula is C19H29N5O4S. The van der Waals surface area contributed by atoms with Gasteiger partial charge in [-0.3, -0.25) is 9.48 Å². The maximum absolute atomic E-state index is 12.6. The zero-order valence-electron chi connectivity index (χ0n) is 17.5. The van der Waals surface area contributed by atoms with Crippen molar-refractivity contribution in [2.45, 2.75) is 25.3 Å². The van der Waals surface area contributed by atoms with Crippen LogP contribution in [0.4, 0.5) is 5.69 Å². The number of anilines is 1. The van der Waals surface area contributed by atoms with Gasteiger partial charge < -0.3 is 15.0 Å². The van der Waals surface area contributed by atoms with E-state index in [1.807, 2.05) is 0 Å². The fraction of sp³-hybridized carbons (Fsp3) is 0.474. The summed E-state index contributed by atoms with van der Waals surface area (Å²) in [6, 6.07) is 4.31. The van der Waals surface area contributed by atoms with E-state index < -0.39 is 15.9 Å². The summed E-state index contributed by atoms with van der Waals surface area (Å²) in [6.45, 7) is 7.74. The highest BCUT2D eigenvalue weighted by atomic mass is 32.2. The van der Waals surface area contributed by atoms with Crippen LogP contribution in [0.2, 0.25) is 0 Å². The van der Waals surface area contributed by atoms with E-state index in [2.05, 4.69) is 29.2 Å². The molecule has 0 aliphatic rings. The Kier molecular flexibility index (Phi) is 7.77. The number of nitrogens with zero attached hydrogens (tertiary/aromatic N) is 4. The van der Waals surface area contributed by atoms with Crippen LogP contribution in [-0.2, 0) is 16.6 Å². The molecule has 0 spiro atoms. The molecular weight excluding hydrogens is 394 g/mol. The van der Waals surface area contributed by atoms with Gasteiger partial charge in [0.15, 0.2) is 0 Å². The van der Waals surface area contributed by atoms with E-state index >= 15 is 0 Å². The fourth-order valence-corrected chi connectivity index (χ4v) is 3.83. The van der Waals surface area contributed by atoms with Gasteiger partial charge in [0.1, 0.15) is 10.6 Å². The van der Waals surface area contributed by atoms with Crippen molar-refractivity contribution in [1.29, 1.82) is 0 Å². The van der Waals surface area contributed by atoms with Crippen molar-refractivity contribution in [3.05, 3.63) is 36.2 Å². The maximum Gasteiger partial charge on any atom is 0.255 e. The summed E-state index contributed by atoms with van der Waals surface area (Å²) in [5, 5.41) is 7.02. The number of rotatable bonds is 10. The van der Waals surface area contributed by atoms with Crippen molar-refractivity contribution in [1.82, 2.24) is 19.0 Å². The van der Waals surface area contributed by atoms with Gasteiger partial charge in [0, 0.05) is 32.4 Å². The van der Waals surface area contributed by atoms with E-state index in [9.17, 15) is 13.2 Å². The molecule has 0 unspecified atom stereocenters. The Bertz CT molecular complexity index is 936. The zero-order valence-corrected chi connectivity index (χ0v) is 18.4. The quantitative estimate of drug-likeness (QED) is 0.625. The third-order valence-electron chi connectivity index (χ3n) is 4.62. The molecule has 1 aromatic heterocycles. The number of hydrogen-bond acceptors (Lipinski definition) is 6. The highest BCUT2D eigenvalue weighted by Gasteiger charge is 2.24. The minimum absolute atomic E-state index is 0.0624. The molecule has 1 N–H and O–H groups in total. The lowest BCUT2D eigenvalue weighted by atomic mass is 10.2. The lowest BCUT2D eigenvalue weighted by molar-refractivity contribution is 0.102. The molecule has 9 nitrogen and oxygen atoms in total. The first-order chi connectivity index (χ1) is 13.7. The molecule has 2 aromatic rings. The molecule has 10 heteroatoms. The Morgan fingerprint density at radius 2 is 1.93 bits per heavy atom. The predicted molar refractivity (Wildman–Crippen MR) is 112 cm³/mol. The van der Waals surface area contributed by atoms with Crippen LogP contribution in [0.25, 0.3) is 0 Å². The molecule has 0 aliphatic heterocycles. The zero-order chi connectivity index (χ0) is 21.6. The molecule has 2 rings (SSSR count). The normalized spacial score (nSPS) is 11.8. The Balaban J connectivity index is 2.16. The van der Waals surface area contributed by atoms with Crippen molar-refractivity contribution < 1.29 is 17.9 Å². The average Bonchev–Trinajstić information content (AvgIpc) is 3.15. The molecule has 0 saturated heterocycles. The molecule has 29 heavy (non-hydrogen) atoms. The van der Waals surface area contributed by atoms with Crippen LogP contribution < -0.4 is 10.1 Å². The molecule has 0 fully saturated rings. The van der Waals surface area contributed by atoms with E-state index in [1.165, 1.54) is 39.4 Å². The van der Waals surface area contributed by atoms with Gasteiger partial charge in [0.05, 0.1) is 25.5 Å². The van der Waals surface area contributed by atoms with Crippen LogP contribution in [0, 0.1) is 0 Å². The van der Waals surface area contributed by atoms with Gasteiger partial charge in [-0.2, -0.15) is 5.10 Å². The standard InChI is InChI=1S/C19H29N5O4S/c1-6-23(7-2)10-11-24-14-16(13-20-24)21-19(25)15-8-9-17(28-5)18(12-15)29(26,27)22(3)4/h8-9,12-14H,6-7,10-11H2,1-5H3,(H,21,25). The molecule has 160 valence electrons. The van der Waals surface area contributed by atoms with Gasteiger partial charge in [-0.15, -0.1) is 0 Å². The van der Waals surface area contributed by atoms with Crippen molar-refractivity contribution in [3.63, 3.8) is 0 Å². The summed E-state index contributed by atoms with van der Waals surface area (Å²) >= 11 is 0. The van der Waals surface area contributed by atoms with Gasteiger partial charge in [-0.1, -0.05) is 13.8 Å². The van der Waals surface area contributed by atoms with E-state index in [0.717, 1.165) is 23.9 Å². The summed E-state index contributed by atoms with van der Waals surface area (Å²) in [6.07, 6.45) is 3.32. The summed E-state index contributed by atoms with van der Waals surface area (Å²) in [7, 11) is 0.477. The SMILES string of the molecule is CCN(CC)CCn1cc(NC(=O)c2ccc(OC)c(S(=O)(=O)N(C)C)c2)cn1. The first-order valence-electron chi connectivity index (χ1n) is 9.39. The summed E-state index contributed by atoms with van der Waals surface area (Å²) < 4.78 is 33.0. The molecule has 1 aromatic carbocycles. The third-order valence-corrected chi connectivity index (χ3v) is 6.45. The van der Waals surface area contributed by atoms with Crippen molar-refractivity contribution >= 4 is 21.6 Å². The monoisotopic (exact) mass is 423 g/mol. The second kappa shape index (κ2) is 9.86. The Labute approximate surface area is 172 Å². The minimum atomic E-state index is -3.76. The topological polar surface area (TPSA) is 96.8 Å². The molecule has 0 saturated carbocycles. The van der Waals surface area contributed by atoms with Crippen LogP contribution in [0.15, 0.2) is 35.5 Å². The van der Waals surface area contributed by atoms with E-state index in [-0.39, 0.29) is 16.2 Å². The maximum atomic E-state index is 12.6. The largest absolute Gasteiger partial charge is 0.495 e. The first-order valence-corrected chi connectivity index (χ1v) is 10.8.